The average Bonchev–Trinajstić information content (AvgIpc) is 2.76. The highest BCUT2D eigenvalue weighted by atomic mass is 79.9. The van der Waals surface area contributed by atoms with Crippen LogP contribution in [0.25, 0.3) is 22.3 Å². The maximum absolute atomic E-state index is 13.3. The van der Waals surface area contributed by atoms with Gasteiger partial charge in [-0.1, -0.05) is 46.6 Å². The third-order valence-corrected chi connectivity index (χ3v) is 5.43. The van der Waals surface area contributed by atoms with Gasteiger partial charge in [0.15, 0.2) is 5.76 Å². The number of carbonyl (C=O) groups is 1. The first-order valence-electron chi connectivity index (χ1n) is 9.29. The van der Waals surface area contributed by atoms with Gasteiger partial charge in [-0.25, -0.2) is 4.79 Å². The van der Waals surface area contributed by atoms with Crippen LogP contribution in [0.4, 0.5) is 0 Å². The van der Waals surface area contributed by atoms with Crippen LogP contribution in [0.2, 0.25) is 5.02 Å². The zero-order chi connectivity index (χ0) is 21.3. The summed E-state index contributed by atoms with van der Waals surface area (Å²) in [4.78, 5) is 26.1. The van der Waals surface area contributed by atoms with E-state index >= 15 is 0 Å². The monoisotopic (exact) mass is 482 g/mol. The number of hydrogen-bond acceptors (Lipinski definition) is 4. The fourth-order valence-corrected chi connectivity index (χ4v) is 3.62. The standard InChI is InChI=1S/C24H16BrClO4/c1-2-14-6-11-20-19(12-14)21(27)23(22(29-20)15-7-9-18(26)10-8-15)30-24(28)16-4-3-5-17(25)13-16/h3-13H,2H2,1H3. The zero-order valence-corrected chi connectivity index (χ0v) is 18.3. The van der Waals surface area contributed by atoms with Crippen LogP contribution in [0.5, 0.6) is 5.75 Å². The van der Waals surface area contributed by atoms with E-state index in [1.54, 1.807) is 60.7 Å². The molecule has 0 amide bonds. The summed E-state index contributed by atoms with van der Waals surface area (Å²) in [5.74, 6) is -0.621. The molecule has 0 saturated carbocycles. The van der Waals surface area contributed by atoms with Gasteiger partial charge in [0.05, 0.1) is 10.9 Å². The van der Waals surface area contributed by atoms with Crippen molar-refractivity contribution >= 4 is 44.5 Å². The van der Waals surface area contributed by atoms with Gasteiger partial charge in [-0.15, -0.1) is 0 Å². The van der Waals surface area contributed by atoms with Crippen molar-refractivity contribution in [2.75, 3.05) is 0 Å². The molecule has 6 heteroatoms. The van der Waals surface area contributed by atoms with Gasteiger partial charge in [0.2, 0.25) is 11.2 Å². The summed E-state index contributed by atoms with van der Waals surface area (Å²) in [7, 11) is 0. The second-order valence-corrected chi connectivity index (χ2v) is 8.03. The molecule has 4 rings (SSSR count). The Bertz CT molecular complexity index is 1310. The molecule has 0 spiro atoms. The zero-order valence-electron chi connectivity index (χ0n) is 15.9. The van der Waals surface area contributed by atoms with Crippen molar-refractivity contribution in [3.63, 3.8) is 0 Å². The van der Waals surface area contributed by atoms with Crippen molar-refractivity contribution < 1.29 is 13.9 Å². The predicted molar refractivity (Wildman–Crippen MR) is 121 cm³/mol. The van der Waals surface area contributed by atoms with Crippen molar-refractivity contribution in [1.29, 1.82) is 0 Å². The number of carbonyl (C=O) groups excluding carboxylic acids is 1. The number of ether oxygens (including phenoxy) is 1. The molecule has 30 heavy (non-hydrogen) atoms. The maximum Gasteiger partial charge on any atom is 0.343 e. The Morgan fingerprint density at radius 2 is 1.83 bits per heavy atom. The summed E-state index contributed by atoms with van der Waals surface area (Å²) in [6.07, 6.45) is 0.765. The summed E-state index contributed by atoms with van der Waals surface area (Å²) >= 11 is 9.33. The minimum Gasteiger partial charge on any atom is -0.452 e. The van der Waals surface area contributed by atoms with Gasteiger partial charge in [0.1, 0.15) is 5.58 Å². The largest absolute Gasteiger partial charge is 0.452 e. The Hall–Kier alpha value is -2.89. The summed E-state index contributed by atoms with van der Waals surface area (Å²) in [6.45, 7) is 2.00. The van der Waals surface area contributed by atoms with E-state index in [9.17, 15) is 9.59 Å². The normalized spacial score (nSPS) is 10.9. The summed E-state index contributed by atoms with van der Waals surface area (Å²) in [5.41, 5.74) is 1.89. The maximum atomic E-state index is 13.3. The number of fused-ring (bicyclic) bond motifs is 1. The molecule has 4 nitrogen and oxygen atoms in total. The SMILES string of the molecule is CCc1ccc2oc(-c3ccc(Cl)cc3)c(OC(=O)c3cccc(Br)c3)c(=O)c2c1. The fraction of sp³-hybridized carbons (Fsp3) is 0.0833. The molecule has 0 atom stereocenters. The Morgan fingerprint density at radius 3 is 2.53 bits per heavy atom. The summed E-state index contributed by atoms with van der Waals surface area (Å²) < 4.78 is 12.3. The molecule has 0 unspecified atom stereocenters. The number of halogens is 2. The first-order chi connectivity index (χ1) is 14.5. The lowest BCUT2D eigenvalue weighted by molar-refractivity contribution is 0.0731. The van der Waals surface area contributed by atoms with E-state index in [4.69, 9.17) is 20.8 Å². The number of benzene rings is 3. The molecule has 0 aliphatic heterocycles. The van der Waals surface area contributed by atoms with Crippen LogP contribution >= 0.6 is 27.5 Å². The molecule has 0 N–H and O–H groups in total. The molecule has 0 fully saturated rings. The van der Waals surface area contributed by atoms with Gasteiger partial charge in [0, 0.05) is 15.1 Å². The molecule has 0 saturated heterocycles. The van der Waals surface area contributed by atoms with Crippen molar-refractivity contribution in [3.05, 3.63) is 97.6 Å². The number of esters is 1. The molecule has 0 bridgehead atoms. The van der Waals surface area contributed by atoms with Gasteiger partial charge >= 0.3 is 5.97 Å². The molecule has 0 radical (unpaired) electrons. The van der Waals surface area contributed by atoms with Crippen LogP contribution in [0.1, 0.15) is 22.8 Å². The van der Waals surface area contributed by atoms with Gasteiger partial charge in [-0.05, 0) is 66.6 Å². The van der Waals surface area contributed by atoms with Crippen LogP contribution in [-0.2, 0) is 6.42 Å². The summed E-state index contributed by atoms with van der Waals surface area (Å²) in [6, 6.07) is 19.0. The molecule has 4 aromatic rings. The van der Waals surface area contributed by atoms with Crippen molar-refractivity contribution in [3.8, 4) is 17.1 Å². The Morgan fingerprint density at radius 1 is 1.07 bits per heavy atom. The van der Waals surface area contributed by atoms with E-state index in [-0.39, 0.29) is 11.5 Å². The van der Waals surface area contributed by atoms with Crippen LogP contribution in [0.3, 0.4) is 0 Å². The van der Waals surface area contributed by atoms with Crippen LogP contribution in [0, 0.1) is 0 Å². The van der Waals surface area contributed by atoms with Crippen LogP contribution in [-0.4, -0.2) is 5.97 Å². The highest BCUT2D eigenvalue weighted by Gasteiger charge is 2.21. The highest BCUT2D eigenvalue weighted by Crippen LogP contribution is 2.32. The topological polar surface area (TPSA) is 56.5 Å². The van der Waals surface area contributed by atoms with Gasteiger partial charge in [-0.3, -0.25) is 4.79 Å². The molecule has 1 aromatic heterocycles. The number of aryl methyl sites for hydroxylation is 1. The number of rotatable bonds is 4. The van der Waals surface area contributed by atoms with Crippen molar-refractivity contribution in [1.82, 2.24) is 0 Å². The summed E-state index contributed by atoms with van der Waals surface area (Å²) in [5, 5.41) is 0.909. The smallest absolute Gasteiger partial charge is 0.343 e. The minimum absolute atomic E-state index is 0.150. The molecular weight excluding hydrogens is 468 g/mol. The molecule has 3 aromatic carbocycles. The third-order valence-electron chi connectivity index (χ3n) is 4.68. The van der Waals surface area contributed by atoms with Gasteiger partial charge in [-0.2, -0.15) is 0 Å². The fourth-order valence-electron chi connectivity index (χ4n) is 3.10. The molecular formula is C24H16BrClO4. The Labute approximate surface area is 186 Å². The van der Waals surface area contributed by atoms with E-state index < -0.39 is 11.4 Å². The predicted octanol–water partition coefficient (Wildman–Crippen LogP) is 6.66. The second kappa shape index (κ2) is 8.46. The van der Waals surface area contributed by atoms with E-state index in [2.05, 4.69) is 15.9 Å². The molecule has 0 aliphatic carbocycles. The van der Waals surface area contributed by atoms with Crippen molar-refractivity contribution in [2.24, 2.45) is 0 Å². The second-order valence-electron chi connectivity index (χ2n) is 6.68. The number of hydrogen-bond donors (Lipinski definition) is 0. The minimum atomic E-state index is -0.648. The molecule has 1 heterocycles. The van der Waals surface area contributed by atoms with E-state index in [0.717, 1.165) is 16.5 Å². The Balaban J connectivity index is 1.91. The third kappa shape index (κ3) is 4.04. The molecule has 150 valence electrons. The van der Waals surface area contributed by atoms with Crippen molar-refractivity contribution in [2.45, 2.75) is 13.3 Å². The van der Waals surface area contributed by atoms with Crippen LogP contribution in [0.15, 0.2) is 80.4 Å². The van der Waals surface area contributed by atoms with E-state index in [1.807, 2.05) is 13.0 Å². The van der Waals surface area contributed by atoms with E-state index in [1.165, 1.54) is 0 Å². The van der Waals surface area contributed by atoms with Gasteiger partial charge < -0.3 is 9.15 Å². The Kier molecular flexibility index (Phi) is 5.75. The van der Waals surface area contributed by atoms with Gasteiger partial charge in [0.25, 0.3) is 0 Å². The average molecular weight is 484 g/mol. The quantitative estimate of drug-likeness (QED) is 0.305. The van der Waals surface area contributed by atoms with E-state index in [0.29, 0.717) is 27.1 Å². The first-order valence-corrected chi connectivity index (χ1v) is 10.5. The highest BCUT2D eigenvalue weighted by molar-refractivity contribution is 9.10. The lowest BCUT2D eigenvalue weighted by Gasteiger charge is -2.11. The molecule has 0 aliphatic rings. The first kappa shape index (κ1) is 20.4. The van der Waals surface area contributed by atoms with Crippen LogP contribution < -0.4 is 10.2 Å². The lowest BCUT2D eigenvalue weighted by atomic mass is 10.1. The lowest BCUT2D eigenvalue weighted by Crippen LogP contribution is -2.16.